The van der Waals surface area contributed by atoms with E-state index in [1.807, 2.05) is 35.2 Å². The Labute approximate surface area is 225 Å². The molecule has 1 aromatic carbocycles. The van der Waals surface area contributed by atoms with Crippen LogP contribution in [0.15, 0.2) is 42.5 Å². The van der Waals surface area contributed by atoms with Gasteiger partial charge in [0, 0.05) is 38.4 Å². The lowest BCUT2D eigenvalue weighted by Gasteiger charge is -2.45. The highest BCUT2D eigenvalue weighted by Crippen LogP contribution is 2.32. The molecule has 8 heteroatoms. The normalized spacial score (nSPS) is 19.2. The number of hydrogen-bond acceptors (Lipinski definition) is 6. The van der Waals surface area contributed by atoms with Crippen LogP contribution in [0.4, 0.5) is 5.82 Å². The molecule has 5 rings (SSSR count). The van der Waals surface area contributed by atoms with E-state index in [2.05, 4.69) is 27.1 Å². The zero-order valence-electron chi connectivity index (χ0n) is 22.5. The molecule has 0 saturated carbocycles. The van der Waals surface area contributed by atoms with Gasteiger partial charge in [-0.05, 0) is 55.2 Å². The topological polar surface area (TPSA) is 87.6 Å². The molecular formula is C30H41N4O4+. The number of carbonyl (C=O) groups is 2. The van der Waals surface area contributed by atoms with Gasteiger partial charge in [0.05, 0.1) is 18.9 Å². The summed E-state index contributed by atoms with van der Waals surface area (Å²) in [7, 11) is 1.76. The van der Waals surface area contributed by atoms with Gasteiger partial charge in [0.25, 0.3) is 0 Å². The average molecular weight is 522 g/mol. The third kappa shape index (κ3) is 6.35. The molecular weight excluding hydrogens is 480 g/mol. The van der Waals surface area contributed by atoms with Gasteiger partial charge in [0.2, 0.25) is 5.91 Å². The molecule has 2 saturated heterocycles. The number of anilines is 1. The molecule has 3 aliphatic heterocycles. The smallest absolute Gasteiger partial charge is 0.328 e. The molecule has 204 valence electrons. The van der Waals surface area contributed by atoms with E-state index in [4.69, 9.17) is 9.72 Å². The Hall–Kier alpha value is -2.97. The lowest BCUT2D eigenvalue weighted by atomic mass is 9.89. The Bertz CT molecular complexity index is 1080. The van der Waals surface area contributed by atoms with Crippen LogP contribution in [-0.4, -0.2) is 84.4 Å². The van der Waals surface area contributed by atoms with Gasteiger partial charge in [-0.2, -0.15) is 0 Å². The minimum atomic E-state index is -0.469. The summed E-state index contributed by atoms with van der Waals surface area (Å²) in [5.41, 5.74) is 3.39. The number of esters is 1. The maximum absolute atomic E-state index is 13.3. The van der Waals surface area contributed by atoms with Crippen LogP contribution < -0.4 is 5.32 Å². The van der Waals surface area contributed by atoms with Gasteiger partial charge in [-0.3, -0.25) is 9.69 Å². The van der Waals surface area contributed by atoms with E-state index in [1.54, 1.807) is 7.11 Å². The number of fused-ring (bicyclic) bond motifs is 1. The van der Waals surface area contributed by atoms with Crippen molar-refractivity contribution in [1.29, 1.82) is 0 Å². The van der Waals surface area contributed by atoms with E-state index >= 15 is 0 Å². The summed E-state index contributed by atoms with van der Waals surface area (Å²) in [4.78, 5) is 35.2. The van der Waals surface area contributed by atoms with E-state index in [0.717, 1.165) is 68.8 Å². The van der Waals surface area contributed by atoms with Crippen molar-refractivity contribution < 1.29 is 19.1 Å². The number of ether oxygens (including phenoxy) is 2. The first kappa shape index (κ1) is 26.6. The fraction of sp³-hybridized carbons (Fsp3) is 0.567. The zero-order valence-corrected chi connectivity index (χ0v) is 22.5. The first-order chi connectivity index (χ1) is 18.6. The SMILES string of the molecule is C[OH+]CCCOC(=O)C(c1ccccc1)N1CC(C(=O)N2CCC(Cc3ccc4c(n3)NCCC4)CC2)C1. The molecule has 2 aromatic rings. The second-order valence-electron chi connectivity index (χ2n) is 10.8. The predicted octanol–water partition coefficient (Wildman–Crippen LogP) is 2.99. The number of piperidine rings is 1. The van der Waals surface area contributed by atoms with E-state index in [9.17, 15) is 9.59 Å². The number of rotatable bonds is 10. The summed E-state index contributed by atoms with van der Waals surface area (Å²) < 4.78 is 9.64. The number of aromatic nitrogens is 1. The number of likely N-dealkylation sites (tertiary alicyclic amines) is 2. The molecule has 1 unspecified atom stereocenters. The zero-order chi connectivity index (χ0) is 26.3. The fourth-order valence-electron chi connectivity index (χ4n) is 5.88. The molecule has 38 heavy (non-hydrogen) atoms. The summed E-state index contributed by atoms with van der Waals surface area (Å²) in [6.07, 6.45) is 6.00. The third-order valence-electron chi connectivity index (χ3n) is 8.11. The number of pyridine rings is 1. The van der Waals surface area contributed by atoms with Crippen molar-refractivity contribution in [3.8, 4) is 0 Å². The summed E-state index contributed by atoms with van der Waals surface area (Å²) >= 11 is 0. The predicted molar refractivity (Wildman–Crippen MR) is 147 cm³/mol. The monoisotopic (exact) mass is 521 g/mol. The fourth-order valence-corrected chi connectivity index (χ4v) is 5.88. The van der Waals surface area contributed by atoms with Gasteiger partial charge < -0.3 is 19.7 Å². The molecule has 1 atom stereocenters. The number of nitrogens with one attached hydrogen (secondary N) is 1. The molecule has 1 aromatic heterocycles. The third-order valence-corrected chi connectivity index (χ3v) is 8.11. The summed E-state index contributed by atoms with van der Waals surface area (Å²) in [5, 5.41) is 3.43. The minimum Gasteiger partial charge on any atom is -0.464 e. The Balaban J connectivity index is 1.10. The summed E-state index contributed by atoms with van der Waals surface area (Å²) in [6, 6.07) is 13.7. The molecule has 8 nitrogen and oxygen atoms in total. The van der Waals surface area contributed by atoms with Gasteiger partial charge in [-0.15, -0.1) is 0 Å². The van der Waals surface area contributed by atoms with Crippen LogP contribution in [0.1, 0.15) is 48.5 Å². The highest BCUT2D eigenvalue weighted by Gasteiger charge is 2.42. The molecule has 0 aliphatic carbocycles. The number of nitrogens with zero attached hydrogens (tertiary/aromatic N) is 3. The minimum absolute atomic E-state index is 0.0576. The number of hydrogen-bond donors (Lipinski definition) is 1. The van der Waals surface area contributed by atoms with Crippen LogP contribution in [0.3, 0.4) is 0 Å². The Morgan fingerprint density at radius 1 is 1.13 bits per heavy atom. The van der Waals surface area contributed by atoms with Crippen molar-refractivity contribution in [2.75, 3.05) is 58.4 Å². The van der Waals surface area contributed by atoms with E-state index in [0.29, 0.717) is 32.2 Å². The second kappa shape index (κ2) is 12.7. The molecule has 4 heterocycles. The lowest BCUT2D eigenvalue weighted by Crippen LogP contribution is -2.57. The van der Waals surface area contributed by atoms with Crippen LogP contribution in [-0.2, 0) is 27.2 Å². The van der Waals surface area contributed by atoms with Crippen molar-refractivity contribution in [2.24, 2.45) is 11.8 Å². The standard InChI is InChI=1S/C30H40N4O4/c1-37-17-6-18-38-30(36)27(23-7-3-2-4-8-23)34-20-25(21-34)29(35)33-15-12-22(13-16-33)19-26-11-10-24-9-5-14-31-28(24)32-26/h2-4,7-8,10-11,22,25,27H,5-6,9,12-21H2,1H3,(H,31,32)/p+1. The Kier molecular flexibility index (Phi) is 8.91. The highest BCUT2D eigenvalue weighted by atomic mass is 16.5. The second-order valence-corrected chi connectivity index (χ2v) is 10.8. The first-order valence-electron chi connectivity index (χ1n) is 14.1. The molecule has 2 fully saturated rings. The number of aliphatic hydroxyl groups is 2. The number of amides is 1. The van der Waals surface area contributed by atoms with E-state index < -0.39 is 6.04 Å². The van der Waals surface area contributed by atoms with Crippen LogP contribution in [0.25, 0.3) is 0 Å². The molecule has 1 amide bonds. The number of aryl methyl sites for hydroxylation is 1. The van der Waals surface area contributed by atoms with Crippen molar-refractivity contribution in [2.45, 2.75) is 44.6 Å². The molecule has 0 bridgehead atoms. The highest BCUT2D eigenvalue weighted by molar-refractivity contribution is 5.82. The van der Waals surface area contributed by atoms with Crippen molar-refractivity contribution >= 4 is 17.7 Å². The van der Waals surface area contributed by atoms with Crippen molar-refractivity contribution in [3.63, 3.8) is 0 Å². The molecule has 0 spiro atoms. The van der Waals surface area contributed by atoms with E-state index in [1.165, 1.54) is 12.0 Å². The molecule has 2 N–H and O–H groups in total. The van der Waals surface area contributed by atoms with Crippen LogP contribution in [0.5, 0.6) is 0 Å². The van der Waals surface area contributed by atoms with Crippen LogP contribution >= 0.6 is 0 Å². The molecule has 3 aliphatic rings. The lowest BCUT2D eigenvalue weighted by molar-refractivity contribution is -0.158. The Morgan fingerprint density at radius 2 is 1.92 bits per heavy atom. The van der Waals surface area contributed by atoms with Crippen molar-refractivity contribution in [3.05, 3.63) is 59.3 Å². The maximum Gasteiger partial charge on any atom is 0.328 e. The maximum atomic E-state index is 13.3. The largest absolute Gasteiger partial charge is 0.464 e. The van der Waals surface area contributed by atoms with Gasteiger partial charge in [-0.25, -0.2) is 9.78 Å². The van der Waals surface area contributed by atoms with Crippen molar-refractivity contribution in [1.82, 2.24) is 14.8 Å². The van der Waals surface area contributed by atoms with E-state index in [-0.39, 0.29) is 17.8 Å². The number of carbonyl (C=O) groups excluding carboxylic acids is 2. The quantitative estimate of drug-likeness (QED) is 0.294. The van der Waals surface area contributed by atoms with Gasteiger partial charge >= 0.3 is 5.97 Å². The summed E-state index contributed by atoms with van der Waals surface area (Å²) in [5.74, 6) is 1.54. The molecule has 0 radical (unpaired) electrons. The van der Waals surface area contributed by atoms with Gasteiger partial charge in [-0.1, -0.05) is 36.4 Å². The Morgan fingerprint density at radius 3 is 2.68 bits per heavy atom. The van der Waals surface area contributed by atoms with Crippen LogP contribution in [0, 0.1) is 11.8 Å². The van der Waals surface area contributed by atoms with Gasteiger partial charge in [0.1, 0.15) is 25.6 Å². The van der Waals surface area contributed by atoms with Gasteiger partial charge in [0.15, 0.2) is 0 Å². The van der Waals surface area contributed by atoms with Crippen LogP contribution in [0.2, 0.25) is 0 Å². The summed E-state index contributed by atoms with van der Waals surface area (Å²) in [6.45, 7) is 4.83. The average Bonchev–Trinajstić information content (AvgIpc) is 2.93. The number of benzene rings is 1. The first-order valence-corrected chi connectivity index (χ1v) is 14.1.